The Kier molecular flexibility index (Phi) is 1.74. The first kappa shape index (κ1) is 6.84. The van der Waals surface area contributed by atoms with Crippen LogP contribution in [0.25, 0.3) is 11.3 Å². The van der Waals surface area contributed by atoms with Crippen molar-refractivity contribution in [1.29, 1.82) is 0 Å². The summed E-state index contributed by atoms with van der Waals surface area (Å²) in [5.41, 5.74) is 1.62. The molecule has 0 saturated carbocycles. The van der Waals surface area contributed by atoms with E-state index in [4.69, 9.17) is 0 Å². The molecule has 0 aliphatic heterocycles. The molecule has 0 saturated heterocycles. The Bertz CT molecular complexity index is 308. The van der Waals surface area contributed by atoms with E-state index < -0.39 is 0 Å². The van der Waals surface area contributed by atoms with Gasteiger partial charge in [-0.25, -0.2) is 9.97 Å². The highest BCUT2D eigenvalue weighted by atomic mass is 14.8. The summed E-state index contributed by atoms with van der Waals surface area (Å²) in [6, 6.07) is 0. The third kappa shape index (κ3) is 1.27. The molecular formula is C8H5N4. The quantitative estimate of drug-likeness (QED) is 0.612. The van der Waals surface area contributed by atoms with Crippen molar-refractivity contribution in [2.75, 3.05) is 0 Å². The molecule has 0 atom stereocenters. The largest absolute Gasteiger partial charge is 0.252 e. The van der Waals surface area contributed by atoms with E-state index >= 15 is 0 Å². The third-order valence-electron chi connectivity index (χ3n) is 1.38. The summed E-state index contributed by atoms with van der Waals surface area (Å²) in [6.07, 6.45) is 10.6. The Labute approximate surface area is 69.4 Å². The number of aromatic nitrogens is 4. The van der Waals surface area contributed by atoms with E-state index in [1.165, 1.54) is 12.5 Å². The Morgan fingerprint density at radius 1 is 1.08 bits per heavy atom. The minimum absolute atomic E-state index is 0.759. The first-order valence-corrected chi connectivity index (χ1v) is 3.40. The molecule has 4 heteroatoms. The van der Waals surface area contributed by atoms with Crippen LogP contribution >= 0.6 is 0 Å². The van der Waals surface area contributed by atoms with Crippen LogP contribution in [0.5, 0.6) is 0 Å². The van der Waals surface area contributed by atoms with E-state index in [0.717, 1.165) is 11.3 Å². The molecule has 57 valence electrons. The lowest BCUT2D eigenvalue weighted by Gasteiger charge is -1.95. The van der Waals surface area contributed by atoms with Crippen molar-refractivity contribution in [2.24, 2.45) is 0 Å². The molecule has 0 amide bonds. The molecule has 2 aromatic rings. The average molecular weight is 157 g/mol. The lowest BCUT2D eigenvalue weighted by molar-refractivity contribution is 1.14. The normalized spacial score (nSPS) is 9.67. The van der Waals surface area contributed by atoms with E-state index in [2.05, 4.69) is 26.1 Å². The van der Waals surface area contributed by atoms with Gasteiger partial charge in [-0.2, -0.15) is 0 Å². The molecule has 0 unspecified atom stereocenters. The van der Waals surface area contributed by atoms with Crippen LogP contribution in [-0.4, -0.2) is 19.9 Å². The van der Waals surface area contributed by atoms with Gasteiger partial charge in [0.2, 0.25) is 0 Å². The number of hydrogen-bond donors (Lipinski definition) is 0. The summed E-state index contributed by atoms with van der Waals surface area (Å²) < 4.78 is 0. The van der Waals surface area contributed by atoms with Gasteiger partial charge in [0.05, 0.1) is 18.1 Å². The fraction of sp³-hybridized carbons (Fsp3) is 0. The molecule has 1 radical (unpaired) electrons. The molecule has 2 aromatic heterocycles. The lowest BCUT2D eigenvalue weighted by Crippen LogP contribution is -1.86. The highest BCUT2D eigenvalue weighted by Gasteiger charge is 1.96. The zero-order chi connectivity index (χ0) is 8.23. The van der Waals surface area contributed by atoms with Gasteiger partial charge in [0.25, 0.3) is 0 Å². The van der Waals surface area contributed by atoms with E-state index in [1.807, 2.05) is 0 Å². The Morgan fingerprint density at radius 3 is 2.58 bits per heavy atom. The van der Waals surface area contributed by atoms with Crippen LogP contribution in [0.15, 0.2) is 31.1 Å². The van der Waals surface area contributed by atoms with Crippen LogP contribution in [0.1, 0.15) is 0 Å². The van der Waals surface area contributed by atoms with Gasteiger partial charge >= 0.3 is 0 Å². The molecule has 0 fully saturated rings. The van der Waals surface area contributed by atoms with Crippen molar-refractivity contribution >= 4 is 0 Å². The standard InChI is InChI=1S/C8H5N4/c1-2-12-8(5-9-1)7-3-10-6-11-4-7/h2-6H. The Hall–Kier alpha value is -1.84. The molecule has 0 aliphatic carbocycles. The first-order valence-electron chi connectivity index (χ1n) is 3.40. The molecule has 0 aromatic carbocycles. The van der Waals surface area contributed by atoms with Gasteiger partial charge in [-0.3, -0.25) is 9.97 Å². The number of rotatable bonds is 1. The number of hydrogen-bond acceptors (Lipinski definition) is 4. The van der Waals surface area contributed by atoms with E-state index in [-0.39, 0.29) is 0 Å². The molecule has 0 N–H and O–H groups in total. The van der Waals surface area contributed by atoms with Crippen molar-refractivity contribution in [2.45, 2.75) is 0 Å². The zero-order valence-corrected chi connectivity index (χ0v) is 6.18. The Morgan fingerprint density at radius 2 is 1.92 bits per heavy atom. The highest BCUT2D eigenvalue weighted by molar-refractivity contribution is 5.54. The van der Waals surface area contributed by atoms with Crippen molar-refractivity contribution in [3.05, 3.63) is 37.3 Å². The summed E-state index contributed by atoms with van der Waals surface area (Å²) in [7, 11) is 0. The van der Waals surface area contributed by atoms with Gasteiger partial charge in [-0.1, -0.05) is 0 Å². The maximum atomic E-state index is 4.05. The summed E-state index contributed by atoms with van der Waals surface area (Å²) >= 11 is 0. The molecule has 0 spiro atoms. The van der Waals surface area contributed by atoms with E-state index in [0.29, 0.717) is 0 Å². The Balaban J connectivity index is 2.46. The number of nitrogens with zero attached hydrogens (tertiary/aromatic N) is 4. The maximum Gasteiger partial charge on any atom is 0.115 e. The second-order valence-electron chi connectivity index (χ2n) is 2.16. The highest BCUT2D eigenvalue weighted by Crippen LogP contribution is 2.10. The second kappa shape index (κ2) is 3.04. The SMILES string of the molecule is [c]1cnc(-c2cncnc2)cn1. The van der Waals surface area contributed by atoms with Crippen molar-refractivity contribution < 1.29 is 0 Å². The molecule has 2 heterocycles. The summed E-state index contributed by atoms with van der Waals surface area (Å²) in [6.45, 7) is 0. The van der Waals surface area contributed by atoms with Gasteiger partial charge in [-0.05, 0) is 0 Å². The predicted molar refractivity (Wildman–Crippen MR) is 41.9 cm³/mol. The van der Waals surface area contributed by atoms with Crippen LogP contribution in [0.3, 0.4) is 0 Å². The maximum absolute atomic E-state index is 4.05. The molecule has 0 aliphatic rings. The van der Waals surface area contributed by atoms with Gasteiger partial charge < -0.3 is 0 Å². The summed E-state index contributed by atoms with van der Waals surface area (Å²) in [4.78, 5) is 15.6. The fourth-order valence-corrected chi connectivity index (χ4v) is 0.844. The monoisotopic (exact) mass is 157 g/mol. The van der Waals surface area contributed by atoms with Gasteiger partial charge in [-0.15, -0.1) is 0 Å². The van der Waals surface area contributed by atoms with Gasteiger partial charge in [0.15, 0.2) is 0 Å². The smallest absolute Gasteiger partial charge is 0.115 e. The van der Waals surface area contributed by atoms with Gasteiger partial charge in [0.1, 0.15) is 12.5 Å². The summed E-state index contributed by atoms with van der Waals surface area (Å²) in [5.74, 6) is 0. The summed E-state index contributed by atoms with van der Waals surface area (Å²) in [5, 5.41) is 0. The van der Waals surface area contributed by atoms with Crippen LogP contribution in [-0.2, 0) is 0 Å². The zero-order valence-electron chi connectivity index (χ0n) is 6.18. The van der Waals surface area contributed by atoms with Crippen molar-refractivity contribution in [3.8, 4) is 11.3 Å². The van der Waals surface area contributed by atoms with Crippen LogP contribution in [0.4, 0.5) is 0 Å². The molecule has 4 nitrogen and oxygen atoms in total. The average Bonchev–Trinajstić information content (AvgIpc) is 2.21. The van der Waals surface area contributed by atoms with Crippen LogP contribution < -0.4 is 0 Å². The van der Waals surface area contributed by atoms with Crippen LogP contribution in [0.2, 0.25) is 0 Å². The minimum atomic E-state index is 0.759. The third-order valence-corrected chi connectivity index (χ3v) is 1.38. The van der Waals surface area contributed by atoms with Crippen molar-refractivity contribution in [1.82, 2.24) is 19.9 Å². The molecule has 12 heavy (non-hydrogen) atoms. The predicted octanol–water partition coefficient (Wildman–Crippen LogP) is 0.734. The molecule has 2 rings (SSSR count). The lowest BCUT2D eigenvalue weighted by atomic mass is 10.2. The topological polar surface area (TPSA) is 51.6 Å². The van der Waals surface area contributed by atoms with Crippen LogP contribution in [0, 0.1) is 6.20 Å². The molecule has 0 bridgehead atoms. The molecular weight excluding hydrogens is 152 g/mol. The fourth-order valence-electron chi connectivity index (χ4n) is 0.844. The van der Waals surface area contributed by atoms with E-state index in [1.54, 1.807) is 18.6 Å². The van der Waals surface area contributed by atoms with E-state index in [9.17, 15) is 0 Å². The van der Waals surface area contributed by atoms with Gasteiger partial charge in [0, 0.05) is 18.0 Å². The minimum Gasteiger partial charge on any atom is -0.252 e. The van der Waals surface area contributed by atoms with Crippen molar-refractivity contribution in [3.63, 3.8) is 0 Å². The first-order chi connectivity index (χ1) is 5.97. The second-order valence-corrected chi connectivity index (χ2v) is 2.16.